The van der Waals surface area contributed by atoms with E-state index in [2.05, 4.69) is 10.6 Å². The minimum absolute atomic E-state index is 0.129. The molecule has 20 heavy (non-hydrogen) atoms. The van der Waals surface area contributed by atoms with Crippen LogP contribution < -0.4 is 15.4 Å². The van der Waals surface area contributed by atoms with Crippen LogP contribution in [0.5, 0.6) is 5.75 Å². The third-order valence-corrected chi connectivity index (χ3v) is 3.03. The van der Waals surface area contributed by atoms with Crippen LogP contribution in [0, 0.1) is 0 Å². The highest BCUT2D eigenvalue weighted by Gasteiger charge is 2.18. The molecule has 0 aliphatic carbocycles. The van der Waals surface area contributed by atoms with E-state index < -0.39 is 5.97 Å². The molecule has 1 amide bonds. The van der Waals surface area contributed by atoms with Gasteiger partial charge in [-0.15, -0.1) is 0 Å². The molecule has 108 valence electrons. The van der Waals surface area contributed by atoms with E-state index in [0.29, 0.717) is 37.3 Å². The van der Waals surface area contributed by atoms with E-state index in [1.165, 1.54) is 0 Å². The lowest BCUT2D eigenvalue weighted by Gasteiger charge is -2.21. The van der Waals surface area contributed by atoms with Crippen molar-refractivity contribution in [1.82, 2.24) is 5.32 Å². The molecule has 1 aromatic carbocycles. The predicted molar refractivity (Wildman–Crippen MR) is 74.2 cm³/mol. The fourth-order valence-electron chi connectivity index (χ4n) is 2.05. The first-order valence-electron chi connectivity index (χ1n) is 6.68. The van der Waals surface area contributed by atoms with Gasteiger partial charge in [0.25, 0.3) is 5.91 Å². The van der Waals surface area contributed by atoms with E-state index in [0.717, 1.165) is 12.2 Å². The molecule has 0 saturated heterocycles. The minimum Gasteiger partial charge on any atom is -0.489 e. The summed E-state index contributed by atoms with van der Waals surface area (Å²) in [7, 11) is 0. The fraction of sp³-hybridized carbons (Fsp3) is 0.429. The Balaban J connectivity index is 1.88. The predicted octanol–water partition coefficient (Wildman–Crippen LogP) is 1.48. The molecule has 0 fully saturated rings. The highest BCUT2D eigenvalue weighted by molar-refractivity contribution is 5.98. The molecule has 3 N–H and O–H groups in total. The summed E-state index contributed by atoms with van der Waals surface area (Å²) in [6.07, 6.45) is 1.33. The maximum atomic E-state index is 12.1. The topological polar surface area (TPSA) is 87.7 Å². The smallest absolute Gasteiger partial charge is 0.303 e. The lowest BCUT2D eigenvalue weighted by atomic mass is 10.1. The van der Waals surface area contributed by atoms with Crippen molar-refractivity contribution >= 4 is 17.6 Å². The number of carbonyl (C=O) groups is 2. The lowest BCUT2D eigenvalue weighted by Crippen LogP contribution is -2.27. The quantitative estimate of drug-likeness (QED) is 0.686. The zero-order valence-electron chi connectivity index (χ0n) is 11.1. The van der Waals surface area contributed by atoms with Crippen LogP contribution in [0.1, 0.15) is 29.6 Å². The zero-order chi connectivity index (χ0) is 14.4. The summed E-state index contributed by atoms with van der Waals surface area (Å²) in [5.41, 5.74) is 1.34. The van der Waals surface area contributed by atoms with Crippen LogP contribution in [0.25, 0.3) is 0 Å². The number of hydrogen-bond donors (Lipinski definition) is 3. The Kier molecular flexibility index (Phi) is 4.81. The molecule has 2 rings (SSSR count). The molecular formula is C14H18N2O4. The number of ether oxygens (including phenoxy) is 1. The van der Waals surface area contributed by atoms with E-state index in [4.69, 9.17) is 9.84 Å². The number of hydrogen-bond acceptors (Lipinski definition) is 4. The van der Waals surface area contributed by atoms with Crippen molar-refractivity contribution in [3.05, 3.63) is 23.8 Å². The maximum absolute atomic E-state index is 12.1. The Morgan fingerprint density at radius 1 is 1.35 bits per heavy atom. The van der Waals surface area contributed by atoms with Gasteiger partial charge in [-0.25, -0.2) is 0 Å². The molecule has 0 unspecified atom stereocenters. The first kappa shape index (κ1) is 14.2. The number of carbonyl (C=O) groups excluding carboxylic acids is 1. The molecular weight excluding hydrogens is 260 g/mol. The van der Waals surface area contributed by atoms with Gasteiger partial charge in [0.1, 0.15) is 6.61 Å². The van der Waals surface area contributed by atoms with Gasteiger partial charge in [0.05, 0.1) is 11.3 Å². The van der Waals surface area contributed by atoms with Gasteiger partial charge in [0.15, 0.2) is 5.75 Å². The molecule has 0 spiro atoms. The van der Waals surface area contributed by atoms with Gasteiger partial charge >= 0.3 is 5.97 Å². The summed E-state index contributed by atoms with van der Waals surface area (Å²) in [6.45, 7) is 1.73. The highest BCUT2D eigenvalue weighted by atomic mass is 16.5. The number of benzene rings is 1. The first-order valence-corrected chi connectivity index (χ1v) is 6.68. The molecule has 6 nitrogen and oxygen atoms in total. The molecule has 0 radical (unpaired) electrons. The summed E-state index contributed by atoms with van der Waals surface area (Å²) in [4.78, 5) is 22.4. The average Bonchev–Trinajstić information content (AvgIpc) is 2.45. The van der Waals surface area contributed by atoms with Crippen LogP contribution in [0.3, 0.4) is 0 Å². The Morgan fingerprint density at radius 3 is 3.00 bits per heavy atom. The van der Waals surface area contributed by atoms with E-state index in [9.17, 15) is 9.59 Å². The summed E-state index contributed by atoms with van der Waals surface area (Å²) in [5, 5.41) is 14.5. The Morgan fingerprint density at radius 2 is 2.20 bits per heavy atom. The van der Waals surface area contributed by atoms with Gasteiger partial charge in [0.2, 0.25) is 0 Å². The maximum Gasteiger partial charge on any atom is 0.303 e. The molecule has 6 heteroatoms. The fourth-order valence-corrected chi connectivity index (χ4v) is 2.05. The van der Waals surface area contributed by atoms with Crippen molar-refractivity contribution < 1.29 is 19.4 Å². The molecule has 1 aliphatic heterocycles. The summed E-state index contributed by atoms with van der Waals surface area (Å²) < 4.78 is 5.53. The summed E-state index contributed by atoms with van der Waals surface area (Å²) in [5.74, 6) is -0.421. The third kappa shape index (κ3) is 3.63. The highest BCUT2D eigenvalue weighted by Crippen LogP contribution is 2.30. The van der Waals surface area contributed by atoms with Gasteiger partial charge in [-0.05, 0) is 25.0 Å². The normalized spacial score (nSPS) is 12.8. The molecule has 1 heterocycles. The average molecular weight is 278 g/mol. The van der Waals surface area contributed by atoms with E-state index >= 15 is 0 Å². The van der Waals surface area contributed by atoms with Crippen molar-refractivity contribution in [3.63, 3.8) is 0 Å². The number of carboxylic acids is 1. The number of unbranched alkanes of at least 4 members (excludes halogenated alkanes) is 1. The van der Waals surface area contributed by atoms with Crippen LogP contribution in [0.15, 0.2) is 18.2 Å². The molecule has 1 aliphatic rings. The van der Waals surface area contributed by atoms with Crippen LogP contribution in [0.2, 0.25) is 0 Å². The SMILES string of the molecule is O=C(O)CCCCNC(=O)c1cccc2c1OCCN2. The zero-order valence-corrected chi connectivity index (χ0v) is 11.1. The standard InChI is InChI=1S/C14H18N2O4/c17-12(18)6-1-2-7-16-14(19)10-4-3-5-11-13(10)20-9-8-15-11/h3-5,15H,1-2,6-9H2,(H,16,19)(H,17,18). The number of nitrogens with one attached hydrogen (secondary N) is 2. The van der Waals surface area contributed by atoms with Gasteiger partial charge in [-0.1, -0.05) is 6.07 Å². The Hall–Kier alpha value is -2.24. The second kappa shape index (κ2) is 6.79. The number of para-hydroxylation sites is 1. The van der Waals surface area contributed by atoms with Crippen LogP contribution in [-0.4, -0.2) is 36.7 Å². The van der Waals surface area contributed by atoms with E-state index in [1.54, 1.807) is 12.1 Å². The first-order chi connectivity index (χ1) is 9.68. The second-order valence-electron chi connectivity index (χ2n) is 4.56. The monoisotopic (exact) mass is 278 g/mol. The lowest BCUT2D eigenvalue weighted by molar-refractivity contribution is -0.137. The number of fused-ring (bicyclic) bond motifs is 1. The Bertz CT molecular complexity index is 502. The minimum atomic E-state index is -0.812. The van der Waals surface area contributed by atoms with Gasteiger partial charge in [0, 0.05) is 19.5 Å². The molecule has 1 aromatic rings. The van der Waals surface area contributed by atoms with Crippen molar-refractivity contribution in [2.45, 2.75) is 19.3 Å². The number of aliphatic carboxylic acids is 1. The van der Waals surface area contributed by atoms with Gasteiger partial charge < -0.3 is 20.5 Å². The third-order valence-electron chi connectivity index (χ3n) is 3.03. The van der Waals surface area contributed by atoms with Crippen molar-refractivity contribution in [1.29, 1.82) is 0 Å². The molecule has 0 aromatic heterocycles. The number of amides is 1. The van der Waals surface area contributed by atoms with Crippen LogP contribution in [0.4, 0.5) is 5.69 Å². The Labute approximate surface area is 117 Å². The summed E-state index contributed by atoms with van der Waals surface area (Å²) in [6, 6.07) is 5.40. The number of rotatable bonds is 6. The van der Waals surface area contributed by atoms with Crippen molar-refractivity contribution in [2.24, 2.45) is 0 Å². The molecule has 0 saturated carbocycles. The van der Waals surface area contributed by atoms with Crippen molar-refractivity contribution in [2.75, 3.05) is 25.0 Å². The van der Waals surface area contributed by atoms with E-state index in [1.807, 2.05) is 6.07 Å². The summed E-state index contributed by atoms with van der Waals surface area (Å²) >= 11 is 0. The number of carboxylic acid groups (broad SMARTS) is 1. The van der Waals surface area contributed by atoms with Crippen LogP contribution >= 0.6 is 0 Å². The second-order valence-corrected chi connectivity index (χ2v) is 4.56. The molecule has 0 bridgehead atoms. The number of anilines is 1. The largest absolute Gasteiger partial charge is 0.489 e. The van der Waals surface area contributed by atoms with Gasteiger partial charge in [-0.2, -0.15) is 0 Å². The van der Waals surface area contributed by atoms with Crippen LogP contribution in [-0.2, 0) is 4.79 Å². The molecule has 0 atom stereocenters. The van der Waals surface area contributed by atoms with Gasteiger partial charge in [-0.3, -0.25) is 9.59 Å². The van der Waals surface area contributed by atoms with E-state index in [-0.39, 0.29) is 12.3 Å². The van der Waals surface area contributed by atoms with Crippen molar-refractivity contribution in [3.8, 4) is 5.75 Å².